The second-order valence-corrected chi connectivity index (χ2v) is 14.4. The van der Waals surface area contributed by atoms with Crippen molar-refractivity contribution in [3.8, 4) is 0 Å². The molecule has 0 saturated heterocycles. The first-order chi connectivity index (χ1) is 23.7. The lowest BCUT2D eigenvalue weighted by molar-refractivity contribution is -0.123. The van der Waals surface area contributed by atoms with Crippen LogP contribution in [0.15, 0.2) is 36.5 Å². The number of allylic oxidation sites excluding steroid dienone is 5. The number of hydrogen-bond donors (Lipinski definition) is 3. The minimum absolute atomic E-state index is 0.0761. The fourth-order valence-electron chi connectivity index (χ4n) is 6.33. The van der Waals surface area contributed by atoms with Gasteiger partial charge in [-0.3, -0.25) is 4.79 Å². The Labute approximate surface area is 300 Å². The molecule has 2 atom stereocenters. The highest BCUT2D eigenvalue weighted by atomic mass is 16.3. The van der Waals surface area contributed by atoms with Gasteiger partial charge in [0.1, 0.15) is 0 Å². The van der Waals surface area contributed by atoms with Crippen molar-refractivity contribution in [1.82, 2.24) is 5.32 Å². The number of carbonyl (C=O) groups is 1. The van der Waals surface area contributed by atoms with Crippen molar-refractivity contribution < 1.29 is 15.0 Å². The van der Waals surface area contributed by atoms with E-state index in [9.17, 15) is 15.0 Å². The topological polar surface area (TPSA) is 69.6 Å². The van der Waals surface area contributed by atoms with Gasteiger partial charge in [-0.1, -0.05) is 204 Å². The van der Waals surface area contributed by atoms with Gasteiger partial charge >= 0.3 is 0 Å². The summed E-state index contributed by atoms with van der Waals surface area (Å²) >= 11 is 0. The van der Waals surface area contributed by atoms with E-state index in [1.165, 1.54) is 161 Å². The summed E-state index contributed by atoms with van der Waals surface area (Å²) < 4.78 is 0. The number of aliphatic hydroxyl groups is 2. The van der Waals surface area contributed by atoms with E-state index in [-0.39, 0.29) is 12.5 Å². The van der Waals surface area contributed by atoms with Gasteiger partial charge in [0.15, 0.2) is 0 Å². The fraction of sp³-hybridized carbons (Fsp3) is 0.841. The maximum absolute atomic E-state index is 12.4. The van der Waals surface area contributed by atoms with Crippen molar-refractivity contribution in [2.75, 3.05) is 6.61 Å². The maximum Gasteiger partial charge on any atom is 0.220 e. The number of hydrogen-bond acceptors (Lipinski definition) is 3. The van der Waals surface area contributed by atoms with Crippen LogP contribution in [0.1, 0.15) is 219 Å². The first-order valence-electron chi connectivity index (χ1n) is 21.2. The van der Waals surface area contributed by atoms with Crippen molar-refractivity contribution >= 4 is 5.91 Å². The van der Waals surface area contributed by atoms with Crippen molar-refractivity contribution in [3.05, 3.63) is 36.5 Å². The summed E-state index contributed by atoms with van der Waals surface area (Å²) in [6.07, 6.45) is 52.5. The Hall–Kier alpha value is -1.39. The van der Waals surface area contributed by atoms with Crippen molar-refractivity contribution in [1.29, 1.82) is 0 Å². The summed E-state index contributed by atoms with van der Waals surface area (Å²) in [4.78, 5) is 12.4. The molecule has 48 heavy (non-hydrogen) atoms. The first kappa shape index (κ1) is 46.6. The van der Waals surface area contributed by atoms with E-state index < -0.39 is 12.1 Å². The Morgan fingerprint density at radius 2 is 0.812 bits per heavy atom. The van der Waals surface area contributed by atoms with Gasteiger partial charge in [-0.25, -0.2) is 0 Å². The van der Waals surface area contributed by atoms with Crippen LogP contribution in [0, 0.1) is 0 Å². The lowest BCUT2D eigenvalue weighted by Gasteiger charge is -2.19. The third-order valence-corrected chi connectivity index (χ3v) is 9.60. The number of rotatable bonds is 38. The molecule has 4 heteroatoms. The number of carbonyl (C=O) groups excluding carboxylic acids is 1. The number of unbranched alkanes of at least 4 members (excludes halogenated alkanes) is 27. The number of nitrogens with one attached hydrogen (secondary N) is 1. The molecule has 0 aliphatic rings. The highest BCUT2D eigenvalue weighted by molar-refractivity contribution is 5.76. The van der Waals surface area contributed by atoms with Crippen LogP contribution < -0.4 is 5.32 Å². The van der Waals surface area contributed by atoms with Gasteiger partial charge in [-0.2, -0.15) is 0 Å². The highest BCUT2D eigenvalue weighted by Crippen LogP contribution is 2.15. The Bertz CT molecular complexity index is 731. The van der Waals surface area contributed by atoms with Gasteiger partial charge in [0.25, 0.3) is 0 Å². The van der Waals surface area contributed by atoms with Crippen molar-refractivity contribution in [2.24, 2.45) is 0 Å². The van der Waals surface area contributed by atoms with E-state index in [2.05, 4.69) is 43.5 Å². The van der Waals surface area contributed by atoms with E-state index in [4.69, 9.17) is 0 Å². The molecule has 1 amide bonds. The lowest BCUT2D eigenvalue weighted by Crippen LogP contribution is -2.45. The van der Waals surface area contributed by atoms with Crippen LogP contribution in [0.5, 0.6) is 0 Å². The third-order valence-electron chi connectivity index (χ3n) is 9.60. The standard InChI is InChI=1S/C44H83NO3/c1-3-5-7-9-11-13-15-17-19-20-21-22-23-24-26-28-30-32-34-36-38-40-44(48)45-42(41-46)43(47)39-37-35-33-31-29-27-25-18-16-14-12-10-8-6-4-2/h16,18,29,31,37,39,42-43,46-47H,3-15,17,19-28,30,32-36,38,40-41H2,1-2H3,(H,45,48)/b18-16+,31-29+,39-37+. The molecule has 0 saturated carbocycles. The van der Waals surface area contributed by atoms with Crippen LogP contribution in [0.25, 0.3) is 0 Å². The molecule has 0 radical (unpaired) electrons. The van der Waals surface area contributed by atoms with Crippen LogP contribution >= 0.6 is 0 Å². The predicted octanol–water partition coefficient (Wildman–Crippen LogP) is 13.0. The zero-order valence-corrected chi connectivity index (χ0v) is 32.3. The van der Waals surface area contributed by atoms with Crippen LogP contribution in [0.2, 0.25) is 0 Å². The molecule has 0 fully saturated rings. The molecule has 0 aromatic carbocycles. The van der Waals surface area contributed by atoms with E-state index >= 15 is 0 Å². The van der Waals surface area contributed by atoms with E-state index in [1.54, 1.807) is 6.08 Å². The minimum Gasteiger partial charge on any atom is -0.394 e. The summed E-state index contributed by atoms with van der Waals surface area (Å²) in [6.45, 7) is 4.28. The Morgan fingerprint density at radius 3 is 1.21 bits per heavy atom. The van der Waals surface area contributed by atoms with E-state index in [0.29, 0.717) is 6.42 Å². The molecular weight excluding hydrogens is 590 g/mol. The smallest absolute Gasteiger partial charge is 0.220 e. The quantitative estimate of drug-likeness (QED) is 0.0451. The second-order valence-electron chi connectivity index (χ2n) is 14.4. The van der Waals surface area contributed by atoms with Gasteiger partial charge in [0.05, 0.1) is 18.8 Å². The van der Waals surface area contributed by atoms with Crippen LogP contribution in [0.4, 0.5) is 0 Å². The summed E-state index contributed by atoms with van der Waals surface area (Å²) in [6, 6.07) is -0.641. The molecule has 0 bridgehead atoms. The van der Waals surface area contributed by atoms with E-state index in [1.807, 2.05) is 6.08 Å². The first-order valence-corrected chi connectivity index (χ1v) is 21.2. The average Bonchev–Trinajstić information content (AvgIpc) is 3.09. The van der Waals surface area contributed by atoms with Crippen molar-refractivity contribution in [2.45, 2.75) is 231 Å². The van der Waals surface area contributed by atoms with Crippen LogP contribution in [-0.4, -0.2) is 34.9 Å². The second kappa shape index (κ2) is 40.0. The molecule has 282 valence electrons. The molecule has 0 rings (SSSR count). The van der Waals surface area contributed by atoms with Crippen LogP contribution in [0.3, 0.4) is 0 Å². The molecule has 0 aromatic rings. The summed E-state index contributed by atoms with van der Waals surface area (Å²) in [5, 5.41) is 22.9. The van der Waals surface area contributed by atoms with Crippen LogP contribution in [-0.2, 0) is 4.79 Å². The Morgan fingerprint density at radius 1 is 0.479 bits per heavy atom. The Balaban J connectivity index is 3.59. The number of aliphatic hydroxyl groups excluding tert-OH is 2. The average molecular weight is 674 g/mol. The zero-order valence-electron chi connectivity index (χ0n) is 32.3. The largest absolute Gasteiger partial charge is 0.394 e. The summed E-state index contributed by atoms with van der Waals surface area (Å²) in [7, 11) is 0. The molecule has 0 aromatic heterocycles. The van der Waals surface area contributed by atoms with E-state index in [0.717, 1.165) is 38.5 Å². The molecule has 0 aliphatic carbocycles. The lowest BCUT2D eigenvalue weighted by atomic mass is 10.0. The number of amides is 1. The molecule has 4 nitrogen and oxygen atoms in total. The van der Waals surface area contributed by atoms with Gasteiger partial charge < -0.3 is 15.5 Å². The van der Waals surface area contributed by atoms with Gasteiger partial charge in [-0.15, -0.1) is 0 Å². The molecule has 0 aliphatic heterocycles. The monoisotopic (exact) mass is 674 g/mol. The normalized spacial score (nSPS) is 13.3. The maximum atomic E-state index is 12.4. The third kappa shape index (κ3) is 35.9. The summed E-state index contributed by atoms with van der Waals surface area (Å²) in [5.41, 5.74) is 0. The van der Waals surface area contributed by atoms with Gasteiger partial charge in [0, 0.05) is 6.42 Å². The minimum atomic E-state index is -0.866. The SMILES string of the molecule is CCCCCCC/C=C/CC/C=C/CC/C=C/C(O)C(CO)NC(=O)CCCCCCCCCCCCCCCCCCCCCCC. The zero-order chi connectivity index (χ0) is 35.0. The predicted molar refractivity (Wildman–Crippen MR) is 212 cm³/mol. The molecule has 3 N–H and O–H groups in total. The fourth-order valence-corrected chi connectivity index (χ4v) is 6.33. The van der Waals surface area contributed by atoms with Gasteiger partial charge in [-0.05, 0) is 44.9 Å². The summed E-state index contributed by atoms with van der Waals surface area (Å²) in [5.74, 6) is -0.0761. The molecule has 0 spiro atoms. The van der Waals surface area contributed by atoms with Gasteiger partial charge in [0.2, 0.25) is 5.91 Å². The van der Waals surface area contributed by atoms with Crippen molar-refractivity contribution in [3.63, 3.8) is 0 Å². The molecular formula is C44H83NO3. The molecule has 2 unspecified atom stereocenters. The highest BCUT2D eigenvalue weighted by Gasteiger charge is 2.17. The molecule has 0 heterocycles. The Kier molecular flexibility index (Phi) is 38.9.